The standard InChI is InChI=1S/C74H46N2/c1-2-19-47(20-3-1)48-37-39-49(40-38-48)52-21-9-16-35-69(52)75(51-41-43-58-57-26-8-12-30-63(57)73(68(58)46-51)61-28-10-4-22-53(61)54-23-5-11-29-62(54)73)50-42-44-70-60(45-50)59-27-18-34-67-72(59)76(70)71-36-17-15-33-66(71)74(67)64-31-13-6-24-55(64)56-25-7-14-32-65(56)74/h1-46H. The zero-order chi connectivity index (χ0) is 49.7. The first-order valence-electron chi connectivity index (χ1n) is 26.6. The maximum atomic E-state index is 2.56. The molecule has 2 heteroatoms. The fraction of sp³-hybridized carbons (Fsp3) is 0.0270. The van der Waals surface area contributed by atoms with Crippen molar-refractivity contribution in [2.24, 2.45) is 0 Å². The molecule has 3 aliphatic carbocycles. The van der Waals surface area contributed by atoms with Gasteiger partial charge in [-0.15, -0.1) is 0 Å². The molecule has 0 bridgehead atoms. The molecule has 4 aliphatic rings. The monoisotopic (exact) mass is 962 g/mol. The quantitative estimate of drug-likeness (QED) is 0.167. The molecular formula is C74H46N2. The predicted molar refractivity (Wildman–Crippen MR) is 313 cm³/mol. The van der Waals surface area contributed by atoms with Crippen LogP contribution >= 0.6 is 0 Å². The zero-order valence-corrected chi connectivity index (χ0v) is 41.5. The van der Waals surface area contributed by atoms with E-state index >= 15 is 0 Å². The molecule has 17 rings (SSSR count). The third-order valence-electron chi connectivity index (χ3n) is 17.6. The minimum atomic E-state index is -0.489. The van der Waals surface area contributed by atoms with Crippen molar-refractivity contribution in [3.05, 3.63) is 324 Å². The van der Waals surface area contributed by atoms with E-state index in [-0.39, 0.29) is 0 Å². The van der Waals surface area contributed by atoms with Gasteiger partial charge in [-0.1, -0.05) is 237 Å². The Bertz CT molecular complexity index is 4480. The average molecular weight is 963 g/mol. The van der Waals surface area contributed by atoms with E-state index < -0.39 is 10.8 Å². The van der Waals surface area contributed by atoms with Crippen molar-refractivity contribution in [2.45, 2.75) is 10.8 Å². The lowest BCUT2D eigenvalue weighted by Gasteiger charge is -2.39. The van der Waals surface area contributed by atoms with E-state index in [1.165, 1.54) is 117 Å². The molecule has 12 aromatic carbocycles. The molecule has 0 saturated carbocycles. The van der Waals surface area contributed by atoms with Crippen molar-refractivity contribution >= 4 is 38.9 Å². The van der Waals surface area contributed by atoms with Crippen LogP contribution in [0, 0.1) is 0 Å². The fourth-order valence-corrected chi connectivity index (χ4v) is 14.7. The van der Waals surface area contributed by atoms with Crippen molar-refractivity contribution in [2.75, 3.05) is 4.90 Å². The van der Waals surface area contributed by atoms with Gasteiger partial charge in [-0.3, -0.25) is 0 Å². The molecular weight excluding hydrogens is 917 g/mol. The van der Waals surface area contributed by atoms with E-state index in [0.717, 1.165) is 28.2 Å². The highest BCUT2D eigenvalue weighted by Gasteiger charge is 2.53. The summed E-state index contributed by atoms with van der Waals surface area (Å²) in [5, 5.41) is 2.47. The topological polar surface area (TPSA) is 8.17 Å². The molecule has 0 N–H and O–H groups in total. The summed E-state index contributed by atoms with van der Waals surface area (Å²) in [5.41, 5.74) is 29.2. The second kappa shape index (κ2) is 15.4. The predicted octanol–water partition coefficient (Wildman–Crippen LogP) is 18.6. The molecule has 0 saturated heterocycles. The Kier molecular flexibility index (Phi) is 8.44. The molecule has 1 aliphatic heterocycles. The SMILES string of the molecule is c1ccc(-c2ccc(-c3ccccc3N(c3ccc4c(c3)C3(c5ccccc5-c5ccccc53)c3ccccc3-4)c3ccc4c(c3)c3cccc5c3n4-c3ccccc3C53c4ccccc4-c4ccccc43)cc2)cc1. The van der Waals surface area contributed by atoms with Crippen LogP contribution in [0.3, 0.4) is 0 Å². The van der Waals surface area contributed by atoms with Crippen molar-refractivity contribution in [3.8, 4) is 61.3 Å². The van der Waals surface area contributed by atoms with Crippen LogP contribution in [0.5, 0.6) is 0 Å². The van der Waals surface area contributed by atoms with Gasteiger partial charge in [-0.05, 0) is 137 Å². The maximum Gasteiger partial charge on any atom is 0.0754 e. The van der Waals surface area contributed by atoms with Crippen molar-refractivity contribution in [3.63, 3.8) is 0 Å². The molecule has 2 nitrogen and oxygen atoms in total. The number of aromatic nitrogens is 1. The van der Waals surface area contributed by atoms with Crippen LogP contribution in [0.25, 0.3) is 83.1 Å². The summed E-state index contributed by atoms with van der Waals surface area (Å²) in [6, 6.07) is 105. The molecule has 0 unspecified atom stereocenters. The summed E-state index contributed by atoms with van der Waals surface area (Å²) in [6.45, 7) is 0. The first-order valence-corrected chi connectivity index (χ1v) is 26.6. The van der Waals surface area contributed by atoms with Crippen LogP contribution in [-0.4, -0.2) is 4.57 Å². The first kappa shape index (κ1) is 41.7. The Labute approximate surface area is 441 Å². The number of benzene rings is 12. The first-order chi connectivity index (χ1) is 37.7. The number of hydrogen-bond donors (Lipinski definition) is 0. The van der Waals surface area contributed by atoms with E-state index in [1.807, 2.05) is 0 Å². The van der Waals surface area contributed by atoms with Gasteiger partial charge < -0.3 is 9.47 Å². The molecule has 2 spiro atoms. The Morgan fingerprint density at radius 3 is 1.30 bits per heavy atom. The van der Waals surface area contributed by atoms with E-state index in [0.29, 0.717) is 0 Å². The molecule has 2 heterocycles. The number of nitrogens with zero attached hydrogens (tertiary/aromatic N) is 2. The number of hydrogen-bond acceptors (Lipinski definition) is 1. The van der Waals surface area contributed by atoms with Gasteiger partial charge in [0.15, 0.2) is 0 Å². The van der Waals surface area contributed by atoms with Gasteiger partial charge >= 0.3 is 0 Å². The molecule has 0 amide bonds. The summed E-state index contributed by atoms with van der Waals surface area (Å²) in [4.78, 5) is 2.54. The molecule has 0 fully saturated rings. The molecule has 13 aromatic rings. The van der Waals surface area contributed by atoms with Gasteiger partial charge in [0.05, 0.1) is 33.2 Å². The van der Waals surface area contributed by atoms with Gasteiger partial charge in [0.25, 0.3) is 0 Å². The van der Waals surface area contributed by atoms with Gasteiger partial charge in [-0.2, -0.15) is 0 Å². The number of anilines is 3. The lowest BCUT2D eigenvalue weighted by atomic mass is 9.65. The molecule has 76 heavy (non-hydrogen) atoms. The highest BCUT2D eigenvalue weighted by Crippen LogP contribution is 2.64. The largest absolute Gasteiger partial charge is 0.310 e. The van der Waals surface area contributed by atoms with E-state index in [4.69, 9.17) is 0 Å². The Morgan fingerprint density at radius 1 is 0.263 bits per heavy atom. The van der Waals surface area contributed by atoms with Crippen LogP contribution in [0.2, 0.25) is 0 Å². The molecule has 0 radical (unpaired) electrons. The highest BCUT2D eigenvalue weighted by molar-refractivity contribution is 6.14. The molecule has 1 aromatic heterocycles. The Hall–Kier alpha value is -9.76. The lowest BCUT2D eigenvalue weighted by Crippen LogP contribution is -2.33. The fourth-order valence-electron chi connectivity index (χ4n) is 14.7. The van der Waals surface area contributed by atoms with Crippen LogP contribution < -0.4 is 4.90 Å². The average Bonchev–Trinajstić information content (AvgIpc) is 4.10. The summed E-state index contributed by atoms with van der Waals surface area (Å²) < 4.78 is 2.56. The van der Waals surface area contributed by atoms with Crippen LogP contribution in [0.4, 0.5) is 17.1 Å². The second-order valence-electron chi connectivity index (χ2n) is 21.0. The van der Waals surface area contributed by atoms with Gasteiger partial charge in [0.1, 0.15) is 0 Å². The van der Waals surface area contributed by atoms with Gasteiger partial charge in [-0.25, -0.2) is 0 Å². The van der Waals surface area contributed by atoms with E-state index in [9.17, 15) is 0 Å². The van der Waals surface area contributed by atoms with E-state index in [2.05, 4.69) is 289 Å². The zero-order valence-electron chi connectivity index (χ0n) is 41.5. The minimum absolute atomic E-state index is 0.479. The Balaban J connectivity index is 0.931. The van der Waals surface area contributed by atoms with Gasteiger partial charge in [0, 0.05) is 27.7 Å². The van der Waals surface area contributed by atoms with Crippen molar-refractivity contribution in [1.29, 1.82) is 0 Å². The van der Waals surface area contributed by atoms with Crippen LogP contribution in [-0.2, 0) is 10.8 Å². The lowest BCUT2D eigenvalue weighted by molar-refractivity contribution is 0.748. The number of para-hydroxylation sites is 3. The summed E-state index contributed by atoms with van der Waals surface area (Å²) in [5.74, 6) is 0. The summed E-state index contributed by atoms with van der Waals surface area (Å²) in [7, 11) is 0. The van der Waals surface area contributed by atoms with Crippen molar-refractivity contribution < 1.29 is 0 Å². The second-order valence-corrected chi connectivity index (χ2v) is 21.0. The smallest absolute Gasteiger partial charge is 0.0754 e. The maximum absolute atomic E-state index is 2.56. The summed E-state index contributed by atoms with van der Waals surface area (Å²) >= 11 is 0. The minimum Gasteiger partial charge on any atom is -0.310 e. The molecule has 0 atom stereocenters. The normalized spacial score (nSPS) is 14.0. The van der Waals surface area contributed by atoms with Crippen molar-refractivity contribution in [1.82, 2.24) is 4.57 Å². The number of fused-ring (bicyclic) bond motifs is 22. The van der Waals surface area contributed by atoms with Crippen LogP contribution in [0.15, 0.2) is 279 Å². The van der Waals surface area contributed by atoms with E-state index in [1.54, 1.807) is 0 Å². The third kappa shape index (κ3) is 5.25. The Morgan fingerprint density at radius 2 is 0.697 bits per heavy atom. The van der Waals surface area contributed by atoms with Gasteiger partial charge in [0.2, 0.25) is 0 Å². The van der Waals surface area contributed by atoms with Crippen LogP contribution in [0.1, 0.15) is 44.5 Å². The number of rotatable bonds is 5. The third-order valence-corrected chi connectivity index (χ3v) is 17.6. The summed E-state index contributed by atoms with van der Waals surface area (Å²) in [6.07, 6.45) is 0. The molecule has 352 valence electrons. The highest BCUT2D eigenvalue weighted by atomic mass is 15.1.